The molecule has 0 spiro atoms. The lowest BCUT2D eigenvalue weighted by molar-refractivity contribution is -0.133. The molecule has 0 aliphatic carbocycles. The van der Waals surface area contributed by atoms with Gasteiger partial charge in [0.1, 0.15) is 5.75 Å². The number of hydrogen-bond acceptors (Lipinski definition) is 5. The normalized spacial score (nSPS) is 17.5. The van der Waals surface area contributed by atoms with Gasteiger partial charge in [-0.2, -0.15) is 0 Å². The van der Waals surface area contributed by atoms with Crippen LogP contribution in [0.15, 0.2) is 24.3 Å². The number of likely N-dealkylation sites (tertiary alicyclic amines) is 1. The molecule has 1 aliphatic rings. The van der Waals surface area contributed by atoms with Crippen LogP contribution in [0.3, 0.4) is 0 Å². The number of hydrogen-bond donors (Lipinski definition) is 0. The standard InChI is InChI=1S/C24H42N4O2/c1-6-26(7-2)20-24(29)28(16-15-25(3)4)18-21-11-10-14-27(17-21)19-22-12-8-9-13-23(22)30-5/h8-9,12-13,21H,6-7,10-11,14-20H2,1-5H3. The first kappa shape index (κ1) is 24.6. The Labute approximate surface area is 183 Å². The Morgan fingerprint density at radius 2 is 1.90 bits per heavy atom. The van der Waals surface area contributed by atoms with Crippen LogP contribution in [-0.4, -0.2) is 99.1 Å². The number of likely N-dealkylation sites (N-methyl/N-ethyl adjacent to an activating group) is 2. The fourth-order valence-electron chi connectivity index (χ4n) is 4.21. The summed E-state index contributed by atoms with van der Waals surface area (Å²) in [5.41, 5.74) is 1.24. The molecule has 1 fully saturated rings. The van der Waals surface area contributed by atoms with E-state index < -0.39 is 0 Å². The van der Waals surface area contributed by atoms with Crippen molar-refractivity contribution in [2.45, 2.75) is 33.2 Å². The Bertz CT molecular complexity index is 633. The maximum Gasteiger partial charge on any atom is 0.236 e. The van der Waals surface area contributed by atoms with E-state index >= 15 is 0 Å². The lowest BCUT2D eigenvalue weighted by atomic mass is 9.96. The Morgan fingerprint density at radius 1 is 1.17 bits per heavy atom. The number of piperidine rings is 1. The molecular formula is C24H42N4O2. The molecule has 2 rings (SSSR count). The SMILES string of the molecule is CCN(CC)CC(=O)N(CCN(C)C)CC1CCCN(Cc2ccccc2OC)C1. The van der Waals surface area contributed by atoms with Gasteiger partial charge < -0.3 is 14.5 Å². The number of carbonyl (C=O) groups excluding carboxylic acids is 1. The van der Waals surface area contributed by atoms with Gasteiger partial charge in [-0.1, -0.05) is 32.0 Å². The quantitative estimate of drug-likeness (QED) is 0.522. The highest BCUT2D eigenvalue weighted by Gasteiger charge is 2.25. The molecule has 1 saturated heterocycles. The summed E-state index contributed by atoms with van der Waals surface area (Å²) < 4.78 is 5.53. The molecule has 1 aromatic carbocycles. The minimum Gasteiger partial charge on any atom is -0.496 e. The molecule has 6 heteroatoms. The van der Waals surface area contributed by atoms with Crippen molar-refractivity contribution in [1.29, 1.82) is 0 Å². The van der Waals surface area contributed by atoms with E-state index in [-0.39, 0.29) is 5.91 Å². The molecule has 1 aliphatic heterocycles. The maximum absolute atomic E-state index is 13.0. The Morgan fingerprint density at radius 3 is 2.57 bits per heavy atom. The molecule has 1 atom stereocenters. The molecule has 170 valence electrons. The first-order valence-corrected chi connectivity index (χ1v) is 11.5. The highest BCUT2D eigenvalue weighted by Crippen LogP contribution is 2.24. The number of rotatable bonds is 12. The van der Waals surface area contributed by atoms with Crippen LogP contribution in [-0.2, 0) is 11.3 Å². The van der Waals surface area contributed by atoms with Crippen LogP contribution in [0.1, 0.15) is 32.3 Å². The largest absolute Gasteiger partial charge is 0.496 e. The summed E-state index contributed by atoms with van der Waals surface area (Å²) in [6.07, 6.45) is 2.38. The van der Waals surface area contributed by atoms with Crippen LogP contribution < -0.4 is 4.74 Å². The van der Waals surface area contributed by atoms with Gasteiger partial charge in [0.15, 0.2) is 0 Å². The Hall–Kier alpha value is -1.63. The Balaban J connectivity index is 1.98. The van der Waals surface area contributed by atoms with Gasteiger partial charge in [-0.15, -0.1) is 0 Å². The maximum atomic E-state index is 13.0. The van der Waals surface area contributed by atoms with Crippen molar-refractivity contribution in [3.63, 3.8) is 0 Å². The lowest BCUT2D eigenvalue weighted by Gasteiger charge is -2.36. The van der Waals surface area contributed by atoms with Crippen molar-refractivity contribution in [3.05, 3.63) is 29.8 Å². The molecule has 30 heavy (non-hydrogen) atoms. The van der Waals surface area contributed by atoms with Crippen LogP contribution in [0.4, 0.5) is 0 Å². The average molecular weight is 419 g/mol. The van der Waals surface area contributed by atoms with E-state index in [4.69, 9.17) is 4.74 Å². The smallest absolute Gasteiger partial charge is 0.236 e. The zero-order valence-corrected chi connectivity index (χ0v) is 19.8. The molecule has 0 aromatic heterocycles. The van der Waals surface area contributed by atoms with Crippen molar-refractivity contribution in [2.24, 2.45) is 5.92 Å². The predicted octanol–water partition coefficient (Wildman–Crippen LogP) is 2.64. The zero-order valence-electron chi connectivity index (χ0n) is 19.8. The minimum atomic E-state index is 0.266. The van der Waals surface area contributed by atoms with Crippen molar-refractivity contribution >= 4 is 5.91 Å². The van der Waals surface area contributed by atoms with Crippen molar-refractivity contribution in [2.75, 3.05) is 73.6 Å². The third kappa shape index (κ3) is 7.89. The molecule has 1 heterocycles. The van der Waals surface area contributed by atoms with Crippen molar-refractivity contribution in [1.82, 2.24) is 19.6 Å². The first-order valence-electron chi connectivity index (χ1n) is 11.5. The van der Waals surface area contributed by atoms with Crippen LogP contribution in [0.5, 0.6) is 5.75 Å². The topological polar surface area (TPSA) is 39.3 Å². The highest BCUT2D eigenvalue weighted by molar-refractivity contribution is 5.78. The first-order chi connectivity index (χ1) is 14.5. The van der Waals surface area contributed by atoms with E-state index in [1.165, 1.54) is 18.4 Å². The molecule has 1 unspecified atom stereocenters. The zero-order chi connectivity index (χ0) is 21.9. The van der Waals surface area contributed by atoms with E-state index in [1.54, 1.807) is 7.11 Å². The molecule has 0 saturated carbocycles. The third-order valence-electron chi connectivity index (χ3n) is 6.09. The molecule has 0 N–H and O–H groups in total. The van der Waals surface area contributed by atoms with Gasteiger partial charge in [-0.05, 0) is 58.6 Å². The second-order valence-corrected chi connectivity index (χ2v) is 8.66. The van der Waals surface area contributed by atoms with Crippen molar-refractivity contribution < 1.29 is 9.53 Å². The Kier molecular flexibility index (Phi) is 10.6. The highest BCUT2D eigenvalue weighted by atomic mass is 16.5. The number of carbonyl (C=O) groups is 1. The summed E-state index contributed by atoms with van der Waals surface area (Å²) in [4.78, 5) is 22.0. The summed E-state index contributed by atoms with van der Waals surface area (Å²) in [5.74, 6) is 1.75. The summed E-state index contributed by atoms with van der Waals surface area (Å²) in [6, 6.07) is 8.28. The van der Waals surface area contributed by atoms with E-state index in [0.29, 0.717) is 12.5 Å². The minimum absolute atomic E-state index is 0.266. The van der Waals surface area contributed by atoms with Crippen molar-refractivity contribution in [3.8, 4) is 5.75 Å². The van der Waals surface area contributed by atoms with Crippen LogP contribution in [0, 0.1) is 5.92 Å². The molecule has 6 nitrogen and oxygen atoms in total. The van der Waals surface area contributed by atoms with Gasteiger partial charge in [-0.3, -0.25) is 14.6 Å². The average Bonchev–Trinajstić information content (AvgIpc) is 2.75. The monoisotopic (exact) mass is 418 g/mol. The number of para-hydroxylation sites is 1. The summed E-state index contributed by atoms with van der Waals surface area (Å²) in [7, 11) is 5.88. The van der Waals surface area contributed by atoms with Gasteiger partial charge in [0.05, 0.1) is 13.7 Å². The summed E-state index contributed by atoms with van der Waals surface area (Å²) in [6.45, 7) is 12.2. The third-order valence-corrected chi connectivity index (χ3v) is 6.09. The summed E-state index contributed by atoms with van der Waals surface area (Å²) >= 11 is 0. The predicted molar refractivity (Wildman–Crippen MR) is 124 cm³/mol. The second kappa shape index (κ2) is 12.9. The number of nitrogens with zero attached hydrogens (tertiary/aromatic N) is 4. The van der Waals surface area contributed by atoms with Gasteiger partial charge in [0, 0.05) is 38.3 Å². The number of ether oxygens (including phenoxy) is 1. The van der Waals surface area contributed by atoms with Gasteiger partial charge >= 0.3 is 0 Å². The van der Waals surface area contributed by atoms with E-state index in [0.717, 1.165) is 58.1 Å². The van der Waals surface area contributed by atoms with Crippen LogP contribution >= 0.6 is 0 Å². The lowest BCUT2D eigenvalue weighted by Crippen LogP contribution is -2.47. The van der Waals surface area contributed by atoms with E-state index in [1.807, 2.05) is 12.1 Å². The van der Waals surface area contributed by atoms with E-state index in [2.05, 4.69) is 59.7 Å². The molecule has 1 amide bonds. The fraction of sp³-hybridized carbons (Fsp3) is 0.708. The van der Waals surface area contributed by atoms with Crippen LogP contribution in [0.2, 0.25) is 0 Å². The number of benzene rings is 1. The fourth-order valence-corrected chi connectivity index (χ4v) is 4.21. The van der Waals surface area contributed by atoms with Gasteiger partial charge in [0.25, 0.3) is 0 Å². The van der Waals surface area contributed by atoms with E-state index in [9.17, 15) is 4.79 Å². The number of methoxy groups -OCH3 is 1. The molecular weight excluding hydrogens is 376 g/mol. The van der Waals surface area contributed by atoms with Crippen LogP contribution in [0.25, 0.3) is 0 Å². The summed E-state index contributed by atoms with van der Waals surface area (Å²) in [5, 5.41) is 0. The number of amides is 1. The second-order valence-electron chi connectivity index (χ2n) is 8.66. The molecule has 1 aromatic rings. The molecule has 0 radical (unpaired) electrons. The molecule has 0 bridgehead atoms. The van der Waals surface area contributed by atoms with Gasteiger partial charge in [0.2, 0.25) is 5.91 Å². The van der Waals surface area contributed by atoms with Gasteiger partial charge in [-0.25, -0.2) is 0 Å².